The quantitative estimate of drug-likeness (QED) is 0.658. The maximum Gasteiger partial charge on any atom is 0.150 e. The average Bonchev–Trinajstić information content (AvgIpc) is 2.84. The third-order valence-electron chi connectivity index (χ3n) is 3.08. The first-order chi connectivity index (χ1) is 9.17. The van der Waals surface area contributed by atoms with Crippen LogP contribution in [-0.4, -0.2) is 15.9 Å². The number of aryl methyl sites for hydroxylation is 1. The summed E-state index contributed by atoms with van der Waals surface area (Å²) < 4.78 is 14.9. The van der Waals surface area contributed by atoms with E-state index >= 15 is 0 Å². The summed E-state index contributed by atoms with van der Waals surface area (Å²) in [5.41, 5.74) is 3.64. The first-order valence-corrected chi connectivity index (χ1v) is 5.88. The number of carbonyl (C=O) groups is 1. The number of carbonyl (C=O) groups excluding carboxylic acids is 1. The SMILES string of the molecule is Cc1cc(-c2cc3cc(C=O)ccn3n2)ccc1F. The molecule has 0 amide bonds. The van der Waals surface area contributed by atoms with Crippen LogP contribution in [0.5, 0.6) is 0 Å². The van der Waals surface area contributed by atoms with Crippen LogP contribution >= 0.6 is 0 Å². The fourth-order valence-electron chi connectivity index (χ4n) is 2.03. The molecule has 0 unspecified atom stereocenters. The summed E-state index contributed by atoms with van der Waals surface area (Å²) in [4.78, 5) is 10.7. The molecule has 0 atom stereocenters. The van der Waals surface area contributed by atoms with Gasteiger partial charge in [-0.25, -0.2) is 8.91 Å². The minimum atomic E-state index is -0.226. The molecular weight excluding hydrogens is 243 g/mol. The number of hydrogen-bond donors (Lipinski definition) is 0. The highest BCUT2D eigenvalue weighted by Gasteiger charge is 2.07. The van der Waals surface area contributed by atoms with E-state index in [4.69, 9.17) is 0 Å². The monoisotopic (exact) mass is 254 g/mol. The van der Waals surface area contributed by atoms with E-state index < -0.39 is 0 Å². The fraction of sp³-hybridized carbons (Fsp3) is 0.0667. The molecule has 3 aromatic rings. The van der Waals surface area contributed by atoms with Crippen LogP contribution < -0.4 is 0 Å². The molecule has 2 aromatic heterocycles. The van der Waals surface area contributed by atoms with Gasteiger partial charge in [-0.05, 0) is 48.9 Å². The number of pyridine rings is 1. The van der Waals surface area contributed by atoms with Crippen LogP contribution in [0, 0.1) is 12.7 Å². The van der Waals surface area contributed by atoms with Crippen molar-refractivity contribution in [1.82, 2.24) is 9.61 Å². The lowest BCUT2D eigenvalue weighted by Gasteiger charge is -1.99. The van der Waals surface area contributed by atoms with Gasteiger partial charge in [-0.1, -0.05) is 0 Å². The fourth-order valence-corrected chi connectivity index (χ4v) is 2.03. The number of aldehydes is 1. The Hall–Kier alpha value is -2.49. The third kappa shape index (κ3) is 2.01. The Balaban J connectivity index is 2.14. The number of aromatic nitrogens is 2. The Morgan fingerprint density at radius 3 is 2.79 bits per heavy atom. The second kappa shape index (κ2) is 4.31. The summed E-state index contributed by atoms with van der Waals surface area (Å²) in [5.74, 6) is -0.226. The summed E-state index contributed by atoms with van der Waals surface area (Å²) in [6.07, 6.45) is 2.54. The first-order valence-electron chi connectivity index (χ1n) is 5.88. The highest BCUT2D eigenvalue weighted by Crippen LogP contribution is 2.22. The van der Waals surface area contributed by atoms with Crippen LogP contribution in [0.1, 0.15) is 15.9 Å². The largest absolute Gasteiger partial charge is 0.298 e. The zero-order valence-corrected chi connectivity index (χ0v) is 10.3. The van der Waals surface area contributed by atoms with Gasteiger partial charge in [0.1, 0.15) is 12.1 Å². The summed E-state index contributed by atoms with van der Waals surface area (Å²) in [6.45, 7) is 1.72. The van der Waals surface area contributed by atoms with E-state index in [-0.39, 0.29) is 5.82 Å². The molecule has 0 saturated heterocycles. The minimum absolute atomic E-state index is 0.226. The molecule has 1 aromatic carbocycles. The topological polar surface area (TPSA) is 34.4 Å². The number of halogens is 1. The van der Waals surface area contributed by atoms with Gasteiger partial charge in [0.25, 0.3) is 0 Å². The summed E-state index contributed by atoms with van der Waals surface area (Å²) in [6, 6.07) is 10.2. The molecule has 0 aliphatic rings. The lowest BCUT2D eigenvalue weighted by Crippen LogP contribution is -1.89. The molecule has 4 heteroatoms. The lowest BCUT2D eigenvalue weighted by molar-refractivity contribution is 0.112. The van der Waals surface area contributed by atoms with E-state index in [0.717, 1.165) is 23.1 Å². The van der Waals surface area contributed by atoms with Gasteiger partial charge in [-0.3, -0.25) is 4.79 Å². The van der Waals surface area contributed by atoms with Gasteiger partial charge in [0.15, 0.2) is 0 Å². The van der Waals surface area contributed by atoms with Crippen molar-refractivity contribution in [1.29, 1.82) is 0 Å². The molecule has 94 valence electrons. The minimum Gasteiger partial charge on any atom is -0.298 e. The molecule has 3 nitrogen and oxygen atoms in total. The van der Waals surface area contributed by atoms with E-state index in [9.17, 15) is 9.18 Å². The number of fused-ring (bicyclic) bond motifs is 1. The Bertz CT molecular complexity index is 777. The number of benzene rings is 1. The molecule has 19 heavy (non-hydrogen) atoms. The van der Waals surface area contributed by atoms with Gasteiger partial charge >= 0.3 is 0 Å². The van der Waals surface area contributed by atoms with Crippen molar-refractivity contribution in [3.8, 4) is 11.3 Å². The molecule has 2 heterocycles. The van der Waals surface area contributed by atoms with Crippen LogP contribution in [-0.2, 0) is 0 Å². The Kier molecular flexibility index (Phi) is 2.63. The van der Waals surface area contributed by atoms with E-state index in [2.05, 4.69) is 5.10 Å². The van der Waals surface area contributed by atoms with Gasteiger partial charge in [0.05, 0.1) is 11.2 Å². The van der Waals surface area contributed by atoms with E-state index in [1.165, 1.54) is 6.07 Å². The number of nitrogens with zero attached hydrogens (tertiary/aromatic N) is 2. The molecule has 0 bridgehead atoms. The van der Waals surface area contributed by atoms with E-state index in [1.54, 1.807) is 41.9 Å². The maximum absolute atomic E-state index is 13.3. The van der Waals surface area contributed by atoms with Crippen molar-refractivity contribution in [2.75, 3.05) is 0 Å². The van der Waals surface area contributed by atoms with Gasteiger partial charge < -0.3 is 0 Å². The van der Waals surface area contributed by atoms with Crippen LogP contribution in [0.15, 0.2) is 42.6 Å². The van der Waals surface area contributed by atoms with Crippen molar-refractivity contribution >= 4 is 11.8 Å². The standard InChI is InChI=1S/C15H11FN2O/c1-10-6-12(2-3-14(10)16)15-8-13-7-11(9-19)4-5-18(13)17-15/h2-9H,1H3. The Morgan fingerprint density at radius 2 is 2.05 bits per heavy atom. The lowest BCUT2D eigenvalue weighted by atomic mass is 10.1. The predicted octanol–water partition coefficient (Wildman–Crippen LogP) is 3.26. The van der Waals surface area contributed by atoms with Crippen LogP contribution in [0.4, 0.5) is 4.39 Å². The van der Waals surface area contributed by atoms with Crippen LogP contribution in [0.2, 0.25) is 0 Å². The molecule has 0 radical (unpaired) electrons. The van der Waals surface area contributed by atoms with Crippen LogP contribution in [0.25, 0.3) is 16.8 Å². The summed E-state index contributed by atoms with van der Waals surface area (Å²) in [7, 11) is 0. The van der Waals surface area contributed by atoms with Crippen molar-refractivity contribution < 1.29 is 9.18 Å². The van der Waals surface area contributed by atoms with Gasteiger partial charge in [-0.2, -0.15) is 5.10 Å². The zero-order chi connectivity index (χ0) is 13.4. The molecule has 0 fully saturated rings. The van der Waals surface area contributed by atoms with Gasteiger partial charge in [0.2, 0.25) is 0 Å². The predicted molar refractivity (Wildman–Crippen MR) is 70.7 cm³/mol. The molecule has 0 saturated carbocycles. The highest BCUT2D eigenvalue weighted by atomic mass is 19.1. The van der Waals surface area contributed by atoms with Crippen LogP contribution in [0.3, 0.4) is 0 Å². The second-order valence-electron chi connectivity index (χ2n) is 4.44. The molecular formula is C15H11FN2O. The summed E-state index contributed by atoms with van der Waals surface area (Å²) >= 11 is 0. The van der Waals surface area contributed by atoms with Crippen molar-refractivity contribution in [2.24, 2.45) is 0 Å². The number of hydrogen-bond acceptors (Lipinski definition) is 2. The zero-order valence-electron chi connectivity index (χ0n) is 10.3. The van der Waals surface area contributed by atoms with Crippen molar-refractivity contribution in [2.45, 2.75) is 6.92 Å². The van der Waals surface area contributed by atoms with Gasteiger partial charge in [0, 0.05) is 17.3 Å². The number of rotatable bonds is 2. The van der Waals surface area contributed by atoms with Crippen molar-refractivity contribution in [3.63, 3.8) is 0 Å². The van der Waals surface area contributed by atoms with E-state index in [0.29, 0.717) is 11.1 Å². The third-order valence-corrected chi connectivity index (χ3v) is 3.08. The van der Waals surface area contributed by atoms with E-state index in [1.807, 2.05) is 6.07 Å². The Morgan fingerprint density at radius 1 is 1.21 bits per heavy atom. The molecule has 3 rings (SSSR count). The highest BCUT2D eigenvalue weighted by molar-refractivity contribution is 5.78. The first kappa shape index (κ1) is 11.6. The average molecular weight is 254 g/mol. The molecule has 0 aliphatic heterocycles. The maximum atomic E-state index is 13.3. The molecule has 0 spiro atoms. The normalized spacial score (nSPS) is 10.8. The molecule has 0 aliphatic carbocycles. The second-order valence-corrected chi connectivity index (χ2v) is 4.44. The Labute approximate surface area is 109 Å². The molecule has 0 N–H and O–H groups in total. The smallest absolute Gasteiger partial charge is 0.150 e. The van der Waals surface area contributed by atoms with Gasteiger partial charge in [-0.15, -0.1) is 0 Å². The van der Waals surface area contributed by atoms with Crippen molar-refractivity contribution in [3.05, 3.63) is 59.5 Å². The summed E-state index contributed by atoms with van der Waals surface area (Å²) in [5, 5.41) is 4.41.